The van der Waals surface area contributed by atoms with Crippen LogP contribution in [0.15, 0.2) is 30.3 Å². The summed E-state index contributed by atoms with van der Waals surface area (Å²) in [5, 5.41) is 6.45. The van der Waals surface area contributed by atoms with Crippen LogP contribution in [0.2, 0.25) is 0 Å². The van der Waals surface area contributed by atoms with Crippen molar-refractivity contribution in [2.24, 2.45) is 0 Å². The fraction of sp³-hybridized carbons (Fsp3) is 0.500. The lowest BCUT2D eigenvalue weighted by atomic mass is 9.86. The third-order valence-corrected chi connectivity index (χ3v) is 5.01. The summed E-state index contributed by atoms with van der Waals surface area (Å²) in [6, 6.07) is 10.2. The van der Waals surface area contributed by atoms with Crippen LogP contribution in [0.3, 0.4) is 0 Å². The van der Waals surface area contributed by atoms with E-state index in [1.807, 2.05) is 25.1 Å². The SMILES string of the molecule is Cc1cc(C(=O)NC2CCCCC2)nc(Nc2ccccc2C(C)(C)C)n1. The van der Waals surface area contributed by atoms with Crippen LogP contribution in [-0.2, 0) is 5.41 Å². The minimum Gasteiger partial charge on any atom is -0.348 e. The number of benzene rings is 1. The Morgan fingerprint density at radius 3 is 2.48 bits per heavy atom. The largest absolute Gasteiger partial charge is 0.348 e. The molecule has 27 heavy (non-hydrogen) atoms. The van der Waals surface area contributed by atoms with Gasteiger partial charge in [-0.1, -0.05) is 58.2 Å². The van der Waals surface area contributed by atoms with Crippen molar-refractivity contribution >= 4 is 17.5 Å². The van der Waals surface area contributed by atoms with Gasteiger partial charge >= 0.3 is 0 Å². The van der Waals surface area contributed by atoms with E-state index in [2.05, 4.69) is 47.4 Å². The van der Waals surface area contributed by atoms with Crippen molar-refractivity contribution in [3.05, 3.63) is 47.3 Å². The molecule has 0 atom stereocenters. The predicted octanol–water partition coefficient (Wildman–Crippen LogP) is 4.89. The zero-order valence-corrected chi connectivity index (χ0v) is 16.8. The van der Waals surface area contributed by atoms with Gasteiger partial charge in [0.2, 0.25) is 5.95 Å². The summed E-state index contributed by atoms with van der Waals surface area (Å²) in [6.45, 7) is 8.41. The molecular formula is C22H30N4O. The Balaban J connectivity index is 1.81. The number of nitrogens with one attached hydrogen (secondary N) is 2. The number of amides is 1. The molecular weight excluding hydrogens is 336 g/mol. The van der Waals surface area contributed by atoms with Gasteiger partial charge in [0, 0.05) is 17.4 Å². The smallest absolute Gasteiger partial charge is 0.270 e. The summed E-state index contributed by atoms with van der Waals surface area (Å²) >= 11 is 0. The first-order valence-electron chi connectivity index (χ1n) is 9.86. The second kappa shape index (κ2) is 8.07. The molecule has 3 rings (SSSR count). The van der Waals surface area contributed by atoms with Crippen molar-refractivity contribution in [1.29, 1.82) is 0 Å². The maximum absolute atomic E-state index is 12.7. The Morgan fingerprint density at radius 1 is 1.07 bits per heavy atom. The first-order chi connectivity index (χ1) is 12.8. The van der Waals surface area contributed by atoms with E-state index in [-0.39, 0.29) is 17.4 Å². The maximum Gasteiger partial charge on any atom is 0.270 e. The second-order valence-corrected chi connectivity index (χ2v) is 8.45. The van der Waals surface area contributed by atoms with Crippen LogP contribution in [-0.4, -0.2) is 21.9 Å². The standard InChI is InChI=1S/C22H30N4O/c1-15-14-19(20(27)24-16-10-6-5-7-11-16)26-21(23-15)25-18-13-9-8-12-17(18)22(2,3)4/h8-9,12-14,16H,5-7,10-11H2,1-4H3,(H,24,27)(H,23,25,26). The molecule has 2 N–H and O–H groups in total. The van der Waals surface area contributed by atoms with Crippen LogP contribution >= 0.6 is 0 Å². The highest BCUT2D eigenvalue weighted by Crippen LogP contribution is 2.30. The molecule has 0 saturated heterocycles. The molecule has 2 aromatic rings. The quantitative estimate of drug-likeness (QED) is 0.808. The van der Waals surface area contributed by atoms with E-state index in [1.54, 1.807) is 6.07 Å². The molecule has 1 saturated carbocycles. The number of aromatic nitrogens is 2. The fourth-order valence-electron chi connectivity index (χ4n) is 3.61. The van der Waals surface area contributed by atoms with Gasteiger partial charge in [0.25, 0.3) is 5.91 Å². The maximum atomic E-state index is 12.7. The van der Waals surface area contributed by atoms with E-state index in [0.717, 1.165) is 24.2 Å². The molecule has 5 heteroatoms. The molecule has 1 aromatic carbocycles. The molecule has 1 aliphatic carbocycles. The van der Waals surface area contributed by atoms with Gasteiger partial charge in [0.05, 0.1) is 0 Å². The molecule has 0 spiro atoms. The third kappa shape index (κ3) is 5.06. The van der Waals surface area contributed by atoms with E-state index in [1.165, 1.54) is 24.8 Å². The van der Waals surface area contributed by atoms with Gasteiger partial charge in [0.15, 0.2) is 0 Å². The van der Waals surface area contributed by atoms with E-state index < -0.39 is 0 Å². The predicted molar refractivity (Wildman–Crippen MR) is 110 cm³/mol. The number of anilines is 2. The summed E-state index contributed by atoms with van der Waals surface area (Å²) < 4.78 is 0. The number of carbonyl (C=O) groups is 1. The summed E-state index contributed by atoms with van der Waals surface area (Å²) in [6.07, 6.45) is 5.74. The Labute approximate surface area is 162 Å². The lowest BCUT2D eigenvalue weighted by molar-refractivity contribution is 0.0922. The van der Waals surface area contributed by atoms with Crippen LogP contribution < -0.4 is 10.6 Å². The van der Waals surface area contributed by atoms with E-state index in [0.29, 0.717) is 11.6 Å². The van der Waals surface area contributed by atoms with Crippen LogP contribution in [0.4, 0.5) is 11.6 Å². The molecule has 0 bridgehead atoms. The van der Waals surface area contributed by atoms with Crippen molar-refractivity contribution in [2.75, 3.05) is 5.32 Å². The number of aryl methyl sites for hydroxylation is 1. The van der Waals surface area contributed by atoms with Gasteiger partial charge in [-0.2, -0.15) is 0 Å². The normalized spacial score (nSPS) is 15.4. The number of hydrogen-bond acceptors (Lipinski definition) is 4. The number of nitrogens with zero attached hydrogens (tertiary/aromatic N) is 2. The average molecular weight is 367 g/mol. The Hall–Kier alpha value is -2.43. The van der Waals surface area contributed by atoms with Crippen LogP contribution in [0.25, 0.3) is 0 Å². The van der Waals surface area contributed by atoms with Gasteiger partial charge < -0.3 is 10.6 Å². The molecule has 1 heterocycles. The summed E-state index contributed by atoms with van der Waals surface area (Å²) in [5.74, 6) is 0.347. The Morgan fingerprint density at radius 2 is 1.78 bits per heavy atom. The molecule has 5 nitrogen and oxygen atoms in total. The molecule has 1 aliphatic rings. The van der Waals surface area contributed by atoms with Gasteiger partial charge in [-0.25, -0.2) is 9.97 Å². The number of rotatable bonds is 4. The number of para-hydroxylation sites is 1. The average Bonchev–Trinajstić information content (AvgIpc) is 2.61. The highest BCUT2D eigenvalue weighted by molar-refractivity contribution is 5.93. The summed E-state index contributed by atoms with van der Waals surface area (Å²) in [7, 11) is 0. The lowest BCUT2D eigenvalue weighted by Gasteiger charge is -2.23. The highest BCUT2D eigenvalue weighted by atomic mass is 16.1. The zero-order chi connectivity index (χ0) is 19.4. The van der Waals surface area contributed by atoms with Crippen molar-refractivity contribution in [2.45, 2.75) is 71.3 Å². The van der Waals surface area contributed by atoms with Crippen LogP contribution in [0.1, 0.15) is 74.6 Å². The minimum absolute atomic E-state index is 0.00535. The molecule has 0 radical (unpaired) electrons. The first kappa shape index (κ1) is 19.3. The molecule has 1 fully saturated rings. The molecule has 1 amide bonds. The topological polar surface area (TPSA) is 66.9 Å². The molecule has 0 aliphatic heterocycles. The molecule has 0 unspecified atom stereocenters. The summed E-state index contributed by atoms with van der Waals surface area (Å²) in [4.78, 5) is 21.6. The van der Waals surface area contributed by atoms with E-state index in [9.17, 15) is 4.79 Å². The molecule has 144 valence electrons. The van der Waals surface area contributed by atoms with Crippen molar-refractivity contribution in [3.8, 4) is 0 Å². The van der Waals surface area contributed by atoms with Crippen molar-refractivity contribution < 1.29 is 4.79 Å². The van der Waals surface area contributed by atoms with Gasteiger partial charge in [-0.15, -0.1) is 0 Å². The first-order valence-corrected chi connectivity index (χ1v) is 9.86. The van der Waals surface area contributed by atoms with Gasteiger partial charge in [0.1, 0.15) is 5.69 Å². The highest BCUT2D eigenvalue weighted by Gasteiger charge is 2.20. The van der Waals surface area contributed by atoms with Crippen LogP contribution in [0, 0.1) is 6.92 Å². The van der Waals surface area contributed by atoms with Crippen LogP contribution in [0.5, 0.6) is 0 Å². The van der Waals surface area contributed by atoms with Crippen molar-refractivity contribution in [1.82, 2.24) is 15.3 Å². The second-order valence-electron chi connectivity index (χ2n) is 8.45. The fourth-order valence-corrected chi connectivity index (χ4v) is 3.61. The zero-order valence-electron chi connectivity index (χ0n) is 16.8. The summed E-state index contributed by atoms with van der Waals surface area (Å²) in [5.41, 5.74) is 3.34. The van der Waals surface area contributed by atoms with Gasteiger partial charge in [-0.05, 0) is 42.9 Å². The lowest BCUT2D eigenvalue weighted by Crippen LogP contribution is -2.36. The van der Waals surface area contributed by atoms with E-state index >= 15 is 0 Å². The molecule has 1 aromatic heterocycles. The Bertz CT molecular complexity index is 804. The third-order valence-electron chi connectivity index (χ3n) is 5.01. The number of hydrogen-bond donors (Lipinski definition) is 2. The number of carbonyl (C=O) groups excluding carboxylic acids is 1. The van der Waals surface area contributed by atoms with E-state index in [4.69, 9.17) is 0 Å². The van der Waals surface area contributed by atoms with Crippen molar-refractivity contribution in [3.63, 3.8) is 0 Å². The minimum atomic E-state index is -0.112. The monoisotopic (exact) mass is 366 g/mol. The van der Waals surface area contributed by atoms with Gasteiger partial charge in [-0.3, -0.25) is 4.79 Å². The Kier molecular flexibility index (Phi) is 5.78.